The van der Waals surface area contributed by atoms with Crippen LogP contribution in [0, 0.1) is 0 Å². The predicted molar refractivity (Wildman–Crippen MR) is 89.5 cm³/mol. The number of alkyl halides is 6. The standard InChI is InChI=1S/C17H14F6N4O2/c1-29-11-3-6-27-12(7-11)25-14(17(21,22)23)13(15(27)28)10-8-24-26(9-10)5-2-4-16(18,19)20/h3,6-9H,2,4-5H2,1H3/i1D3. The molecule has 0 saturated carbocycles. The Morgan fingerprint density at radius 1 is 1.24 bits per heavy atom. The van der Waals surface area contributed by atoms with Crippen molar-refractivity contribution < 1.29 is 35.2 Å². The third kappa shape index (κ3) is 4.51. The zero-order valence-corrected chi connectivity index (χ0v) is 14.4. The van der Waals surface area contributed by atoms with Gasteiger partial charge in [0.25, 0.3) is 5.56 Å². The van der Waals surface area contributed by atoms with Crippen molar-refractivity contribution in [1.82, 2.24) is 19.2 Å². The molecule has 0 radical (unpaired) electrons. The topological polar surface area (TPSA) is 61.4 Å². The number of aromatic nitrogens is 4. The van der Waals surface area contributed by atoms with Crippen molar-refractivity contribution in [3.05, 3.63) is 46.8 Å². The molecule has 29 heavy (non-hydrogen) atoms. The van der Waals surface area contributed by atoms with Gasteiger partial charge in [-0.2, -0.15) is 31.4 Å². The Bertz CT molecular complexity index is 1180. The molecule has 3 rings (SSSR count). The maximum absolute atomic E-state index is 13.7. The zero-order chi connectivity index (χ0) is 23.9. The number of aryl methyl sites for hydroxylation is 1. The Morgan fingerprint density at radius 3 is 2.66 bits per heavy atom. The van der Waals surface area contributed by atoms with Gasteiger partial charge in [0, 0.05) is 37.0 Å². The highest BCUT2D eigenvalue weighted by Gasteiger charge is 2.38. The van der Waals surface area contributed by atoms with Gasteiger partial charge in [0.2, 0.25) is 0 Å². The Morgan fingerprint density at radius 2 is 2.00 bits per heavy atom. The van der Waals surface area contributed by atoms with Gasteiger partial charge in [-0.3, -0.25) is 13.9 Å². The van der Waals surface area contributed by atoms with Crippen molar-refractivity contribution in [2.75, 3.05) is 7.04 Å². The third-order valence-corrected chi connectivity index (χ3v) is 3.96. The van der Waals surface area contributed by atoms with E-state index in [1.807, 2.05) is 0 Å². The molecule has 0 aliphatic carbocycles. The van der Waals surface area contributed by atoms with Crippen LogP contribution in [0.3, 0.4) is 0 Å². The number of rotatable bonds is 5. The first-order chi connectivity index (χ1) is 14.6. The summed E-state index contributed by atoms with van der Waals surface area (Å²) < 4.78 is 105. The molecule has 0 atom stereocenters. The maximum Gasteiger partial charge on any atom is 0.434 e. The van der Waals surface area contributed by atoms with Crippen molar-refractivity contribution in [1.29, 1.82) is 0 Å². The number of hydrogen-bond donors (Lipinski definition) is 0. The molecule has 0 amide bonds. The maximum atomic E-state index is 13.7. The van der Waals surface area contributed by atoms with Crippen molar-refractivity contribution in [3.63, 3.8) is 0 Å². The van der Waals surface area contributed by atoms with Gasteiger partial charge in [0.05, 0.1) is 22.9 Å². The Kier molecular flexibility index (Phi) is 4.31. The van der Waals surface area contributed by atoms with Crippen LogP contribution in [0.25, 0.3) is 16.8 Å². The number of pyridine rings is 1. The quantitative estimate of drug-likeness (QED) is 0.584. The fraction of sp³-hybridized carbons (Fsp3) is 0.353. The highest BCUT2D eigenvalue weighted by molar-refractivity contribution is 5.66. The number of halogens is 6. The lowest BCUT2D eigenvalue weighted by Gasteiger charge is -2.13. The Balaban J connectivity index is 2.06. The van der Waals surface area contributed by atoms with Crippen LogP contribution in [0.4, 0.5) is 26.3 Å². The van der Waals surface area contributed by atoms with E-state index in [0.29, 0.717) is 0 Å². The van der Waals surface area contributed by atoms with Crippen LogP contribution in [0.1, 0.15) is 22.6 Å². The van der Waals surface area contributed by atoms with E-state index in [1.165, 1.54) is 0 Å². The summed E-state index contributed by atoms with van der Waals surface area (Å²) in [6.45, 7) is -0.223. The molecule has 0 aliphatic rings. The molecule has 3 aromatic rings. The molecule has 6 nitrogen and oxygen atoms in total. The molecule has 156 valence electrons. The van der Waals surface area contributed by atoms with Crippen LogP contribution < -0.4 is 10.3 Å². The van der Waals surface area contributed by atoms with Gasteiger partial charge in [-0.25, -0.2) is 4.98 Å². The summed E-state index contributed by atoms with van der Waals surface area (Å²) in [7, 11) is -2.87. The number of hydrogen-bond acceptors (Lipinski definition) is 4. The lowest BCUT2D eigenvalue weighted by atomic mass is 10.1. The summed E-state index contributed by atoms with van der Waals surface area (Å²) >= 11 is 0. The van der Waals surface area contributed by atoms with Crippen LogP contribution in [0.2, 0.25) is 0 Å². The van der Waals surface area contributed by atoms with E-state index >= 15 is 0 Å². The van der Waals surface area contributed by atoms with E-state index in [4.69, 9.17) is 4.11 Å². The molecule has 0 aliphatic heterocycles. The molecule has 0 saturated heterocycles. The number of methoxy groups -OCH3 is 1. The summed E-state index contributed by atoms with van der Waals surface area (Å²) in [5, 5.41) is 3.73. The molecule has 0 bridgehead atoms. The van der Waals surface area contributed by atoms with Gasteiger partial charge in [0.15, 0.2) is 5.69 Å². The highest BCUT2D eigenvalue weighted by Crippen LogP contribution is 2.34. The molecule has 0 unspecified atom stereocenters. The minimum absolute atomic E-state index is 0.223. The number of nitrogens with zero attached hydrogens (tertiary/aromatic N) is 4. The molecular weight excluding hydrogens is 406 g/mol. The van der Waals surface area contributed by atoms with Crippen LogP contribution in [-0.2, 0) is 12.7 Å². The van der Waals surface area contributed by atoms with Gasteiger partial charge >= 0.3 is 12.4 Å². The van der Waals surface area contributed by atoms with Crippen molar-refractivity contribution in [3.8, 4) is 16.9 Å². The van der Waals surface area contributed by atoms with Gasteiger partial charge in [-0.1, -0.05) is 0 Å². The highest BCUT2D eigenvalue weighted by atomic mass is 19.4. The largest absolute Gasteiger partial charge is 0.497 e. The second kappa shape index (κ2) is 7.41. The molecule has 3 heterocycles. The fourth-order valence-electron chi connectivity index (χ4n) is 2.70. The van der Waals surface area contributed by atoms with E-state index in [1.54, 1.807) is 0 Å². The van der Waals surface area contributed by atoms with Crippen LogP contribution in [-0.4, -0.2) is 32.4 Å². The minimum atomic E-state index is -5.07. The number of ether oxygens (including phenoxy) is 1. The van der Waals surface area contributed by atoms with E-state index in [0.717, 1.165) is 39.8 Å². The Labute approximate surface area is 163 Å². The van der Waals surface area contributed by atoms with Gasteiger partial charge < -0.3 is 4.74 Å². The molecule has 0 spiro atoms. The molecule has 0 aromatic carbocycles. The summed E-state index contributed by atoms with van der Waals surface area (Å²) in [5.41, 5.74) is -4.31. The van der Waals surface area contributed by atoms with Gasteiger partial charge in [-0.15, -0.1) is 0 Å². The summed E-state index contributed by atoms with van der Waals surface area (Å²) in [4.78, 5) is 16.3. The summed E-state index contributed by atoms with van der Waals surface area (Å²) in [5.74, 6) is -0.324. The van der Waals surface area contributed by atoms with Crippen LogP contribution >= 0.6 is 0 Å². The van der Waals surface area contributed by atoms with Gasteiger partial charge in [0.1, 0.15) is 11.4 Å². The number of fused-ring (bicyclic) bond motifs is 1. The minimum Gasteiger partial charge on any atom is -0.497 e. The normalized spacial score (nSPS) is 14.5. The van der Waals surface area contributed by atoms with E-state index < -0.39 is 48.3 Å². The van der Waals surface area contributed by atoms with Crippen molar-refractivity contribution in [2.24, 2.45) is 0 Å². The first-order valence-electron chi connectivity index (χ1n) is 9.56. The smallest absolute Gasteiger partial charge is 0.434 e. The van der Waals surface area contributed by atoms with E-state index in [2.05, 4.69) is 14.8 Å². The average molecular weight is 423 g/mol. The third-order valence-electron chi connectivity index (χ3n) is 3.96. The zero-order valence-electron chi connectivity index (χ0n) is 17.4. The SMILES string of the molecule is [2H]C([2H])([2H])Oc1ccn2c(=O)c(-c3cnn(CCCC(F)(F)F)c3)c(C(F)(F)F)nc2c1. The first kappa shape index (κ1) is 16.9. The summed E-state index contributed by atoms with van der Waals surface area (Å²) in [6, 6.07) is 1.94. The molecular formula is C17H14F6N4O2. The van der Waals surface area contributed by atoms with E-state index in [-0.39, 0.29) is 24.3 Å². The van der Waals surface area contributed by atoms with Crippen molar-refractivity contribution >= 4 is 5.65 Å². The summed E-state index contributed by atoms with van der Waals surface area (Å²) in [6.07, 6.45) is -7.94. The van der Waals surface area contributed by atoms with Crippen LogP contribution in [0.5, 0.6) is 5.75 Å². The van der Waals surface area contributed by atoms with E-state index in [9.17, 15) is 31.1 Å². The predicted octanol–water partition coefficient (Wildman–Crippen LogP) is 3.93. The molecule has 12 heteroatoms. The van der Waals surface area contributed by atoms with Crippen LogP contribution in [0.15, 0.2) is 35.5 Å². The average Bonchev–Trinajstić information content (AvgIpc) is 3.06. The van der Waals surface area contributed by atoms with Crippen molar-refractivity contribution in [2.45, 2.75) is 31.7 Å². The lowest BCUT2D eigenvalue weighted by Crippen LogP contribution is -2.24. The lowest BCUT2D eigenvalue weighted by molar-refractivity contribution is -0.140. The second-order valence-corrected chi connectivity index (χ2v) is 6.04. The monoisotopic (exact) mass is 423 g/mol. The van der Waals surface area contributed by atoms with Gasteiger partial charge in [-0.05, 0) is 12.5 Å². The Hall–Kier alpha value is -3.05. The fourth-order valence-corrected chi connectivity index (χ4v) is 2.70. The first-order valence-corrected chi connectivity index (χ1v) is 8.06. The molecule has 0 fully saturated rings. The second-order valence-electron chi connectivity index (χ2n) is 6.04. The molecule has 3 aromatic heterocycles. The molecule has 0 N–H and O–H groups in total.